The monoisotopic (exact) mass is 322 g/mol. The van der Waals surface area contributed by atoms with Crippen molar-refractivity contribution in [2.75, 3.05) is 12.3 Å². The number of amides is 2. The zero-order valence-electron chi connectivity index (χ0n) is 12.1. The van der Waals surface area contributed by atoms with Gasteiger partial charge in [0.2, 0.25) is 10.0 Å². The molecule has 118 valence electrons. The number of benzene rings is 1. The molecule has 2 amide bonds. The molecule has 1 heterocycles. The molecule has 0 unspecified atom stereocenters. The standard InChI is InChI=1S/C15H18N2O4S/c18-14-12-7-3-4-8-13(12)15(19)17(14)9-10-22(20,21)16-11-5-1-2-6-11/h3-4,7-8,11,16H,1-2,5-6,9-10H2. The number of imide groups is 1. The number of carbonyl (C=O) groups excluding carboxylic acids is 2. The summed E-state index contributed by atoms with van der Waals surface area (Å²) < 4.78 is 26.8. The molecule has 0 atom stereocenters. The lowest BCUT2D eigenvalue weighted by Gasteiger charge is -2.16. The van der Waals surface area contributed by atoms with E-state index in [1.54, 1.807) is 24.3 Å². The van der Waals surface area contributed by atoms with Gasteiger partial charge in [-0.25, -0.2) is 13.1 Å². The van der Waals surface area contributed by atoms with E-state index in [0.29, 0.717) is 11.1 Å². The van der Waals surface area contributed by atoms with E-state index in [1.165, 1.54) is 0 Å². The number of hydrogen-bond donors (Lipinski definition) is 1. The van der Waals surface area contributed by atoms with Gasteiger partial charge in [0, 0.05) is 12.6 Å². The van der Waals surface area contributed by atoms with Gasteiger partial charge in [0.25, 0.3) is 11.8 Å². The molecule has 7 heteroatoms. The molecule has 22 heavy (non-hydrogen) atoms. The van der Waals surface area contributed by atoms with Gasteiger partial charge in [0.1, 0.15) is 0 Å². The van der Waals surface area contributed by atoms with Gasteiger partial charge in [0.15, 0.2) is 0 Å². The fourth-order valence-corrected chi connectivity index (χ4v) is 4.29. The zero-order chi connectivity index (χ0) is 15.7. The summed E-state index contributed by atoms with van der Waals surface area (Å²) in [6, 6.07) is 6.53. The molecule has 0 radical (unpaired) electrons. The predicted molar refractivity (Wildman–Crippen MR) is 81.0 cm³/mol. The highest BCUT2D eigenvalue weighted by Gasteiger charge is 2.35. The van der Waals surface area contributed by atoms with Crippen molar-refractivity contribution >= 4 is 21.8 Å². The molecule has 0 bridgehead atoms. The first kappa shape index (κ1) is 15.2. The summed E-state index contributed by atoms with van der Waals surface area (Å²) in [6.07, 6.45) is 3.77. The van der Waals surface area contributed by atoms with Crippen LogP contribution < -0.4 is 4.72 Å². The van der Waals surface area contributed by atoms with Gasteiger partial charge >= 0.3 is 0 Å². The number of hydrogen-bond acceptors (Lipinski definition) is 4. The van der Waals surface area contributed by atoms with Crippen LogP contribution in [0.4, 0.5) is 0 Å². The summed E-state index contributed by atoms with van der Waals surface area (Å²) in [6.45, 7) is -0.117. The maximum absolute atomic E-state index is 12.2. The quantitative estimate of drug-likeness (QED) is 0.824. The largest absolute Gasteiger partial charge is 0.273 e. The van der Waals surface area contributed by atoms with Crippen molar-refractivity contribution in [2.24, 2.45) is 0 Å². The molecule has 1 aliphatic carbocycles. The smallest absolute Gasteiger partial charge is 0.261 e. The van der Waals surface area contributed by atoms with Crippen molar-refractivity contribution in [3.63, 3.8) is 0 Å². The molecule has 0 aromatic heterocycles. The number of nitrogens with one attached hydrogen (secondary N) is 1. The molecular weight excluding hydrogens is 304 g/mol. The van der Waals surface area contributed by atoms with Crippen LogP contribution in [-0.2, 0) is 10.0 Å². The molecule has 1 aromatic rings. The van der Waals surface area contributed by atoms with Crippen molar-refractivity contribution in [1.29, 1.82) is 0 Å². The van der Waals surface area contributed by atoms with Crippen molar-refractivity contribution in [1.82, 2.24) is 9.62 Å². The van der Waals surface area contributed by atoms with Crippen LogP contribution in [0.25, 0.3) is 0 Å². The predicted octanol–water partition coefficient (Wildman–Crippen LogP) is 1.14. The first-order chi connectivity index (χ1) is 10.5. The van der Waals surface area contributed by atoms with Gasteiger partial charge in [0.05, 0.1) is 16.9 Å². The van der Waals surface area contributed by atoms with Gasteiger partial charge in [-0.1, -0.05) is 25.0 Å². The minimum Gasteiger partial charge on any atom is -0.273 e. The Hall–Kier alpha value is -1.73. The van der Waals surface area contributed by atoms with Gasteiger partial charge in [-0.2, -0.15) is 0 Å². The molecule has 0 saturated heterocycles. The maximum Gasteiger partial charge on any atom is 0.261 e. The van der Waals surface area contributed by atoms with E-state index in [4.69, 9.17) is 0 Å². The highest BCUT2D eigenvalue weighted by Crippen LogP contribution is 2.22. The van der Waals surface area contributed by atoms with Crippen molar-refractivity contribution < 1.29 is 18.0 Å². The minimum absolute atomic E-state index is 0.00724. The average molecular weight is 322 g/mol. The Morgan fingerprint density at radius 2 is 1.59 bits per heavy atom. The first-order valence-corrected chi connectivity index (χ1v) is 9.08. The highest BCUT2D eigenvalue weighted by atomic mass is 32.2. The van der Waals surface area contributed by atoms with Crippen LogP contribution in [0, 0.1) is 0 Å². The molecule has 0 spiro atoms. The normalized spacial score (nSPS) is 19.0. The van der Waals surface area contributed by atoms with Crippen LogP contribution in [0.3, 0.4) is 0 Å². The Labute approximate surface area is 129 Å². The Balaban J connectivity index is 1.65. The SMILES string of the molecule is O=C1c2ccccc2C(=O)N1CCS(=O)(=O)NC1CCCC1. The lowest BCUT2D eigenvalue weighted by atomic mass is 10.1. The van der Waals surface area contributed by atoms with Crippen molar-refractivity contribution in [3.05, 3.63) is 35.4 Å². The van der Waals surface area contributed by atoms with E-state index in [1.807, 2.05) is 0 Å². The molecule has 6 nitrogen and oxygen atoms in total. The van der Waals surface area contributed by atoms with Crippen LogP contribution in [0.5, 0.6) is 0 Å². The van der Waals surface area contributed by atoms with Gasteiger partial charge < -0.3 is 0 Å². The Morgan fingerprint density at radius 3 is 2.14 bits per heavy atom. The Morgan fingerprint density at radius 1 is 1.05 bits per heavy atom. The van der Waals surface area contributed by atoms with Crippen LogP contribution >= 0.6 is 0 Å². The van der Waals surface area contributed by atoms with Gasteiger partial charge in [-0.05, 0) is 25.0 Å². The third-order valence-electron chi connectivity index (χ3n) is 4.16. The van der Waals surface area contributed by atoms with Crippen LogP contribution in [0.15, 0.2) is 24.3 Å². The number of nitrogens with zero attached hydrogens (tertiary/aromatic N) is 1. The van der Waals surface area contributed by atoms with Crippen LogP contribution in [-0.4, -0.2) is 43.5 Å². The lowest BCUT2D eigenvalue weighted by molar-refractivity contribution is 0.0664. The van der Waals surface area contributed by atoms with E-state index in [-0.39, 0.29) is 18.3 Å². The van der Waals surface area contributed by atoms with Gasteiger partial charge in [-0.3, -0.25) is 14.5 Å². The molecule has 1 aromatic carbocycles. The van der Waals surface area contributed by atoms with Crippen molar-refractivity contribution in [2.45, 2.75) is 31.7 Å². The molecule has 1 aliphatic heterocycles. The summed E-state index contributed by atoms with van der Waals surface area (Å²) >= 11 is 0. The Kier molecular flexibility index (Phi) is 4.01. The number of rotatable bonds is 5. The summed E-state index contributed by atoms with van der Waals surface area (Å²) in [4.78, 5) is 25.3. The summed E-state index contributed by atoms with van der Waals surface area (Å²) in [7, 11) is -3.48. The fraction of sp³-hybridized carbons (Fsp3) is 0.467. The maximum atomic E-state index is 12.2. The van der Waals surface area contributed by atoms with E-state index in [0.717, 1.165) is 30.6 Å². The molecule has 3 rings (SSSR count). The molecule has 1 N–H and O–H groups in total. The molecular formula is C15H18N2O4S. The van der Waals surface area contributed by atoms with E-state index in [9.17, 15) is 18.0 Å². The van der Waals surface area contributed by atoms with Crippen LogP contribution in [0.1, 0.15) is 46.4 Å². The number of carbonyl (C=O) groups is 2. The first-order valence-electron chi connectivity index (χ1n) is 7.43. The molecule has 1 saturated carbocycles. The zero-order valence-corrected chi connectivity index (χ0v) is 12.9. The second-order valence-electron chi connectivity index (χ2n) is 5.73. The topological polar surface area (TPSA) is 83.6 Å². The van der Waals surface area contributed by atoms with E-state index < -0.39 is 21.8 Å². The number of sulfonamides is 1. The van der Waals surface area contributed by atoms with Crippen LogP contribution in [0.2, 0.25) is 0 Å². The van der Waals surface area contributed by atoms with E-state index >= 15 is 0 Å². The summed E-state index contributed by atoms with van der Waals surface area (Å²) in [5, 5.41) is 0. The Bertz CT molecular complexity index is 673. The second kappa shape index (κ2) is 5.81. The van der Waals surface area contributed by atoms with Crippen molar-refractivity contribution in [3.8, 4) is 0 Å². The summed E-state index contributed by atoms with van der Waals surface area (Å²) in [5.74, 6) is -1.09. The minimum atomic E-state index is -3.48. The third-order valence-corrected chi connectivity index (χ3v) is 5.58. The highest BCUT2D eigenvalue weighted by molar-refractivity contribution is 7.89. The number of fused-ring (bicyclic) bond motifs is 1. The average Bonchev–Trinajstić information content (AvgIpc) is 3.06. The lowest BCUT2D eigenvalue weighted by Crippen LogP contribution is -2.40. The third kappa shape index (κ3) is 2.91. The van der Waals surface area contributed by atoms with Gasteiger partial charge in [-0.15, -0.1) is 0 Å². The molecule has 2 aliphatic rings. The second-order valence-corrected chi connectivity index (χ2v) is 7.60. The fourth-order valence-electron chi connectivity index (χ4n) is 3.01. The molecule has 1 fully saturated rings. The summed E-state index contributed by atoms with van der Waals surface area (Å²) in [5.41, 5.74) is 0.683. The van der Waals surface area contributed by atoms with E-state index in [2.05, 4.69) is 4.72 Å².